The molecule has 0 spiro atoms. The van der Waals surface area contributed by atoms with E-state index >= 15 is 0 Å². The highest BCUT2D eigenvalue weighted by Crippen LogP contribution is 2.05. The fourth-order valence-corrected chi connectivity index (χ4v) is 1.82. The molecule has 1 N–H and O–H groups in total. The van der Waals surface area contributed by atoms with Crippen LogP contribution in [-0.2, 0) is 11.3 Å². The first-order chi connectivity index (χ1) is 10.1. The first-order valence-electron chi connectivity index (χ1n) is 6.73. The second-order valence-electron chi connectivity index (χ2n) is 4.74. The van der Waals surface area contributed by atoms with Crippen molar-refractivity contribution in [3.8, 4) is 0 Å². The Labute approximate surface area is 124 Å². The Hall–Kier alpha value is -2.62. The van der Waals surface area contributed by atoms with Gasteiger partial charge in [-0.15, -0.1) is 0 Å². The largest absolute Gasteiger partial charge is 0.443 e. The molecule has 2 aromatic carbocycles. The van der Waals surface area contributed by atoms with Gasteiger partial charge in [0.25, 0.3) is 0 Å². The molecule has 0 heterocycles. The lowest BCUT2D eigenvalue weighted by Gasteiger charge is -2.05. The number of rotatable bonds is 4. The smallest absolute Gasteiger partial charge is 0.428 e. The van der Waals surface area contributed by atoms with Gasteiger partial charge in [0, 0.05) is 0 Å². The molecule has 1 amide bonds. The normalized spacial score (nSPS) is 11.0. The molecular weight excluding hydrogens is 264 g/mol. The van der Waals surface area contributed by atoms with Crippen LogP contribution in [0.3, 0.4) is 0 Å². The summed E-state index contributed by atoms with van der Waals surface area (Å²) in [4.78, 5) is 11.6. The zero-order chi connectivity index (χ0) is 15.1. The van der Waals surface area contributed by atoms with Crippen LogP contribution in [0, 0.1) is 6.92 Å². The van der Waals surface area contributed by atoms with Gasteiger partial charge in [0.15, 0.2) is 0 Å². The number of carbonyl (C=O) groups excluding carboxylic acids is 1. The fraction of sp³-hybridized carbons (Fsp3) is 0.176. The molecule has 21 heavy (non-hydrogen) atoms. The molecule has 108 valence electrons. The van der Waals surface area contributed by atoms with E-state index in [4.69, 9.17) is 4.74 Å². The highest BCUT2D eigenvalue weighted by Gasteiger charge is 2.02. The Balaban J connectivity index is 1.87. The van der Waals surface area contributed by atoms with Crippen LogP contribution >= 0.6 is 0 Å². The lowest BCUT2D eigenvalue weighted by molar-refractivity contribution is 0.140. The summed E-state index contributed by atoms with van der Waals surface area (Å²) in [5, 5.41) is 4.04. The zero-order valence-corrected chi connectivity index (χ0v) is 12.2. The lowest BCUT2D eigenvalue weighted by Crippen LogP contribution is -2.20. The Morgan fingerprint density at radius 2 is 1.90 bits per heavy atom. The third-order valence-electron chi connectivity index (χ3n) is 2.96. The van der Waals surface area contributed by atoms with Gasteiger partial charge in [0.1, 0.15) is 6.61 Å². The van der Waals surface area contributed by atoms with Gasteiger partial charge >= 0.3 is 6.09 Å². The minimum Gasteiger partial charge on any atom is -0.443 e. The van der Waals surface area contributed by atoms with Gasteiger partial charge in [-0.2, -0.15) is 5.10 Å². The third-order valence-corrected chi connectivity index (χ3v) is 2.96. The van der Waals surface area contributed by atoms with Crippen molar-refractivity contribution in [3.63, 3.8) is 0 Å². The second kappa shape index (κ2) is 7.24. The average Bonchev–Trinajstić information content (AvgIpc) is 2.51. The van der Waals surface area contributed by atoms with Crippen LogP contribution in [0.1, 0.15) is 23.6 Å². The average molecular weight is 282 g/mol. The van der Waals surface area contributed by atoms with Crippen LogP contribution in [0.25, 0.3) is 0 Å². The summed E-state index contributed by atoms with van der Waals surface area (Å²) in [5.74, 6) is 0. The Kier molecular flexibility index (Phi) is 5.10. The van der Waals surface area contributed by atoms with Gasteiger partial charge in [-0.1, -0.05) is 60.2 Å². The molecule has 0 unspecified atom stereocenters. The van der Waals surface area contributed by atoms with E-state index in [1.54, 1.807) is 0 Å². The number of carbonyl (C=O) groups is 1. The molecule has 0 aliphatic rings. The van der Waals surface area contributed by atoms with Crippen molar-refractivity contribution < 1.29 is 9.53 Å². The van der Waals surface area contributed by atoms with Gasteiger partial charge in [-0.3, -0.25) is 0 Å². The first kappa shape index (κ1) is 14.8. The maximum absolute atomic E-state index is 11.6. The number of ether oxygens (including phenoxy) is 1. The Bertz CT molecular complexity index is 636. The highest BCUT2D eigenvalue weighted by molar-refractivity contribution is 5.99. The van der Waals surface area contributed by atoms with Gasteiger partial charge in [-0.25, -0.2) is 10.2 Å². The monoisotopic (exact) mass is 282 g/mol. The van der Waals surface area contributed by atoms with Gasteiger partial charge < -0.3 is 4.74 Å². The van der Waals surface area contributed by atoms with E-state index in [1.165, 1.54) is 0 Å². The zero-order valence-electron chi connectivity index (χ0n) is 12.2. The van der Waals surface area contributed by atoms with Crippen LogP contribution < -0.4 is 5.43 Å². The molecule has 0 radical (unpaired) electrons. The maximum atomic E-state index is 11.6. The Morgan fingerprint density at radius 1 is 1.14 bits per heavy atom. The van der Waals surface area contributed by atoms with E-state index < -0.39 is 6.09 Å². The SMILES string of the molecule is C/C(=N\NC(=O)OCc1ccccc1)c1cccc(C)c1. The van der Waals surface area contributed by atoms with Gasteiger partial charge in [0.2, 0.25) is 0 Å². The number of aryl methyl sites for hydroxylation is 1. The lowest BCUT2D eigenvalue weighted by atomic mass is 10.1. The van der Waals surface area contributed by atoms with Gasteiger partial charge in [0.05, 0.1) is 5.71 Å². The molecule has 0 aromatic heterocycles. The first-order valence-corrected chi connectivity index (χ1v) is 6.73. The maximum Gasteiger partial charge on any atom is 0.428 e. The fourth-order valence-electron chi connectivity index (χ4n) is 1.82. The number of hydrogen-bond donors (Lipinski definition) is 1. The number of amides is 1. The number of nitrogens with one attached hydrogen (secondary N) is 1. The molecule has 4 nitrogen and oxygen atoms in total. The van der Waals surface area contributed by atoms with Crippen molar-refractivity contribution in [3.05, 3.63) is 71.3 Å². The highest BCUT2D eigenvalue weighted by atomic mass is 16.5. The van der Waals surface area contributed by atoms with E-state index in [0.717, 1.165) is 22.4 Å². The molecular formula is C17H18N2O2. The topological polar surface area (TPSA) is 50.7 Å². The number of nitrogens with zero attached hydrogens (tertiary/aromatic N) is 1. The summed E-state index contributed by atoms with van der Waals surface area (Å²) in [6.45, 7) is 4.08. The Morgan fingerprint density at radius 3 is 2.62 bits per heavy atom. The molecule has 0 atom stereocenters. The minimum atomic E-state index is -0.564. The van der Waals surface area contributed by atoms with Crippen molar-refractivity contribution >= 4 is 11.8 Å². The summed E-state index contributed by atoms with van der Waals surface area (Å²) >= 11 is 0. The predicted molar refractivity (Wildman–Crippen MR) is 83.2 cm³/mol. The van der Waals surface area contributed by atoms with E-state index in [0.29, 0.717) is 0 Å². The summed E-state index contributed by atoms with van der Waals surface area (Å²) in [7, 11) is 0. The van der Waals surface area contributed by atoms with E-state index in [2.05, 4.69) is 10.5 Å². The second-order valence-corrected chi connectivity index (χ2v) is 4.74. The quantitative estimate of drug-likeness (QED) is 0.687. The number of hydrazone groups is 1. The molecule has 0 saturated carbocycles. The summed E-state index contributed by atoms with van der Waals surface area (Å²) < 4.78 is 5.08. The predicted octanol–water partition coefficient (Wildman–Crippen LogP) is 3.65. The van der Waals surface area contributed by atoms with E-state index in [-0.39, 0.29) is 6.61 Å². The van der Waals surface area contributed by atoms with E-state index in [9.17, 15) is 4.79 Å². The number of benzene rings is 2. The van der Waals surface area contributed by atoms with Crippen LogP contribution in [0.4, 0.5) is 4.79 Å². The van der Waals surface area contributed by atoms with Crippen LogP contribution in [0.2, 0.25) is 0 Å². The number of hydrogen-bond acceptors (Lipinski definition) is 3. The van der Waals surface area contributed by atoms with Crippen LogP contribution in [0.15, 0.2) is 59.7 Å². The van der Waals surface area contributed by atoms with Gasteiger partial charge in [-0.05, 0) is 25.0 Å². The molecule has 0 fully saturated rings. The van der Waals surface area contributed by atoms with Crippen LogP contribution in [-0.4, -0.2) is 11.8 Å². The van der Waals surface area contributed by atoms with Crippen molar-refractivity contribution in [2.45, 2.75) is 20.5 Å². The van der Waals surface area contributed by atoms with E-state index in [1.807, 2.05) is 68.4 Å². The van der Waals surface area contributed by atoms with Crippen molar-refractivity contribution in [1.29, 1.82) is 0 Å². The molecule has 2 rings (SSSR count). The standard InChI is InChI=1S/C17H18N2O2/c1-13-7-6-10-16(11-13)14(2)18-19-17(20)21-12-15-8-4-3-5-9-15/h3-11H,12H2,1-2H3,(H,19,20)/b18-14+. The summed E-state index contributed by atoms with van der Waals surface area (Å²) in [6.07, 6.45) is -0.564. The minimum absolute atomic E-state index is 0.228. The third kappa shape index (κ3) is 4.76. The molecule has 0 bridgehead atoms. The van der Waals surface area contributed by atoms with Crippen molar-refractivity contribution in [2.24, 2.45) is 5.10 Å². The summed E-state index contributed by atoms with van der Waals surface area (Å²) in [5.41, 5.74) is 6.18. The molecule has 0 saturated heterocycles. The molecule has 2 aromatic rings. The van der Waals surface area contributed by atoms with Crippen molar-refractivity contribution in [1.82, 2.24) is 5.43 Å². The summed E-state index contributed by atoms with van der Waals surface area (Å²) in [6, 6.07) is 17.4. The molecule has 4 heteroatoms. The van der Waals surface area contributed by atoms with Crippen LogP contribution in [0.5, 0.6) is 0 Å². The molecule has 0 aliphatic heterocycles. The molecule has 0 aliphatic carbocycles. The van der Waals surface area contributed by atoms with Crippen molar-refractivity contribution in [2.75, 3.05) is 0 Å².